The van der Waals surface area contributed by atoms with E-state index in [9.17, 15) is 4.79 Å². The van der Waals surface area contributed by atoms with E-state index in [1.807, 2.05) is 26.0 Å². The van der Waals surface area contributed by atoms with Crippen molar-refractivity contribution in [1.29, 1.82) is 0 Å². The van der Waals surface area contributed by atoms with E-state index in [2.05, 4.69) is 21.2 Å². The number of hydrogen-bond donors (Lipinski definition) is 2. The van der Waals surface area contributed by atoms with Crippen molar-refractivity contribution in [2.24, 2.45) is 11.7 Å². The molecule has 0 aromatic heterocycles. The van der Waals surface area contributed by atoms with Gasteiger partial charge in [0.2, 0.25) is 5.91 Å². The molecular formula is C13H17BrN2OS. The molecule has 3 N–H and O–H groups in total. The minimum Gasteiger partial charge on any atom is -0.389 e. The van der Waals surface area contributed by atoms with E-state index in [-0.39, 0.29) is 16.8 Å². The van der Waals surface area contributed by atoms with Crippen molar-refractivity contribution < 1.29 is 4.79 Å². The van der Waals surface area contributed by atoms with E-state index < -0.39 is 0 Å². The SMILES string of the molecule is CCC(CC)C(=O)Nc1cc(Br)ccc1C(N)=S. The summed E-state index contributed by atoms with van der Waals surface area (Å²) in [5.41, 5.74) is 6.99. The Hall–Kier alpha value is -0.940. The van der Waals surface area contributed by atoms with Crippen molar-refractivity contribution in [3.63, 3.8) is 0 Å². The van der Waals surface area contributed by atoms with Crippen LogP contribution in [0.5, 0.6) is 0 Å². The standard InChI is InChI=1S/C13H17BrN2OS/c1-3-8(4-2)13(17)16-11-7-9(14)5-6-10(11)12(15)18/h5-8H,3-4H2,1-2H3,(H2,15,18)(H,16,17). The highest BCUT2D eigenvalue weighted by Crippen LogP contribution is 2.23. The van der Waals surface area contributed by atoms with Gasteiger partial charge in [0.1, 0.15) is 4.99 Å². The number of hydrogen-bond acceptors (Lipinski definition) is 2. The highest BCUT2D eigenvalue weighted by atomic mass is 79.9. The lowest BCUT2D eigenvalue weighted by molar-refractivity contribution is -0.120. The first-order valence-corrected chi connectivity index (χ1v) is 7.09. The second kappa shape index (κ2) is 6.85. The summed E-state index contributed by atoms with van der Waals surface area (Å²) >= 11 is 8.35. The zero-order valence-electron chi connectivity index (χ0n) is 10.5. The number of anilines is 1. The molecule has 0 bridgehead atoms. The summed E-state index contributed by atoms with van der Waals surface area (Å²) in [4.78, 5) is 12.3. The Kier molecular flexibility index (Phi) is 5.75. The molecule has 1 aromatic rings. The molecular weight excluding hydrogens is 312 g/mol. The van der Waals surface area contributed by atoms with Crippen LogP contribution in [0, 0.1) is 5.92 Å². The van der Waals surface area contributed by atoms with Gasteiger partial charge in [0.15, 0.2) is 0 Å². The number of rotatable bonds is 5. The number of nitrogens with one attached hydrogen (secondary N) is 1. The Morgan fingerprint density at radius 2 is 2.06 bits per heavy atom. The summed E-state index contributed by atoms with van der Waals surface area (Å²) in [7, 11) is 0. The Balaban J connectivity index is 2.99. The Morgan fingerprint density at radius 1 is 1.44 bits per heavy atom. The van der Waals surface area contributed by atoms with E-state index in [4.69, 9.17) is 18.0 Å². The molecule has 1 amide bonds. The van der Waals surface area contributed by atoms with Crippen LogP contribution < -0.4 is 11.1 Å². The molecule has 18 heavy (non-hydrogen) atoms. The van der Waals surface area contributed by atoms with Gasteiger partial charge in [-0.3, -0.25) is 4.79 Å². The molecule has 0 atom stereocenters. The molecule has 0 unspecified atom stereocenters. The minimum atomic E-state index is 0.00981. The fraction of sp³-hybridized carbons (Fsp3) is 0.385. The van der Waals surface area contributed by atoms with Crippen LogP contribution in [0.2, 0.25) is 0 Å². The van der Waals surface area contributed by atoms with Crippen molar-refractivity contribution in [2.75, 3.05) is 5.32 Å². The molecule has 5 heteroatoms. The fourth-order valence-electron chi connectivity index (χ4n) is 1.73. The molecule has 1 rings (SSSR count). The van der Waals surface area contributed by atoms with Gasteiger partial charge in [-0.2, -0.15) is 0 Å². The molecule has 0 aliphatic heterocycles. The van der Waals surface area contributed by atoms with Gasteiger partial charge in [0.25, 0.3) is 0 Å². The van der Waals surface area contributed by atoms with Crippen LogP contribution >= 0.6 is 28.1 Å². The highest BCUT2D eigenvalue weighted by molar-refractivity contribution is 9.10. The van der Waals surface area contributed by atoms with Gasteiger partial charge in [-0.1, -0.05) is 42.0 Å². The largest absolute Gasteiger partial charge is 0.389 e. The topological polar surface area (TPSA) is 55.1 Å². The van der Waals surface area contributed by atoms with Crippen LogP contribution in [0.25, 0.3) is 0 Å². The average molecular weight is 329 g/mol. The van der Waals surface area contributed by atoms with Gasteiger partial charge in [0, 0.05) is 16.0 Å². The quantitative estimate of drug-likeness (QED) is 0.814. The summed E-state index contributed by atoms with van der Waals surface area (Å²) in [5.74, 6) is 0.0266. The fourth-order valence-corrected chi connectivity index (χ4v) is 2.27. The highest BCUT2D eigenvalue weighted by Gasteiger charge is 2.16. The number of thiocarbonyl (C=S) groups is 1. The molecule has 0 fully saturated rings. The van der Waals surface area contributed by atoms with Crippen LogP contribution in [-0.4, -0.2) is 10.9 Å². The number of halogens is 1. The van der Waals surface area contributed by atoms with Crippen molar-refractivity contribution in [1.82, 2.24) is 0 Å². The first-order valence-electron chi connectivity index (χ1n) is 5.89. The van der Waals surface area contributed by atoms with Crippen LogP contribution in [0.3, 0.4) is 0 Å². The third-order valence-corrected chi connectivity index (χ3v) is 3.57. The third kappa shape index (κ3) is 3.78. The van der Waals surface area contributed by atoms with Crippen LogP contribution in [-0.2, 0) is 4.79 Å². The summed E-state index contributed by atoms with van der Waals surface area (Å²) in [6.07, 6.45) is 1.64. The van der Waals surface area contributed by atoms with Crippen molar-refractivity contribution >= 4 is 44.7 Å². The first kappa shape index (κ1) is 15.1. The maximum atomic E-state index is 12.1. The average Bonchev–Trinajstić information content (AvgIpc) is 2.30. The summed E-state index contributed by atoms with van der Waals surface area (Å²) in [6, 6.07) is 5.46. The maximum absolute atomic E-state index is 12.1. The predicted octanol–water partition coefficient (Wildman–Crippen LogP) is 3.46. The van der Waals surface area contributed by atoms with Crippen molar-refractivity contribution in [3.05, 3.63) is 28.2 Å². The monoisotopic (exact) mass is 328 g/mol. The Labute approximate surface area is 121 Å². The maximum Gasteiger partial charge on any atom is 0.227 e. The number of benzene rings is 1. The molecule has 98 valence electrons. The van der Waals surface area contributed by atoms with Crippen molar-refractivity contribution in [2.45, 2.75) is 26.7 Å². The van der Waals surface area contributed by atoms with E-state index in [1.165, 1.54) is 0 Å². The van der Waals surface area contributed by atoms with Gasteiger partial charge in [-0.25, -0.2) is 0 Å². The van der Waals surface area contributed by atoms with Crippen LogP contribution in [0.4, 0.5) is 5.69 Å². The zero-order chi connectivity index (χ0) is 13.7. The predicted molar refractivity (Wildman–Crippen MR) is 82.7 cm³/mol. The first-order chi connectivity index (χ1) is 8.49. The molecule has 0 saturated heterocycles. The Bertz CT molecular complexity index is 458. The molecule has 3 nitrogen and oxygen atoms in total. The lowest BCUT2D eigenvalue weighted by atomic mass is 10.0. The molecule has 0 radical (unpaired) electrons. The van der Waals surface area contributed by atoms with Gasteiger partial charge < -0.3 is 11.1 Å². The van der Waals surface area contributed by atoms with Gasteiger partial charge >= 0.3 is 0 Å². The molecule has 0 aliphatic rings. The molecule has 1 aromatic carbocycles. The summed E-state index contributed by atoms with van der Waals surface area (Å²) in [6.45, 7) is 4.01. The lowest BCUT2D eigenvalue weighted by Crippen LogP contribution is -2.23. The lowest BCUT2D eigenvalue weighted by Gasteiger charge is -2.15. The van der Waals surface area contributed by atoms with Gasteiger partial charge in [-0.15, -0.1) is 0 Å². The minimum absolute atomic E-state index is 0.00981. The normalized spacial score (nSPS) is 10.4. The number of carbonyl (C=O) groups excluding carboxylic acids is 1. The second-order valence-corrected chi connectivity index (χ2v) is 5.41. The van der Waals surface area contributed by atoms with E-state index in [1.54, 1.807) is 6.07 Å². The van der Waals surface area contributed by atoms with Gasteiger partial charge in [0.05, 0.1) is 5.69 Å². The van der Waals surface area contributed by atoms with E-state index >= 15 is 0 Å². The van der Waals surface area contributed by atoms with Crippen molar-refractivity contribution in [3.8, 4) is 0 Å². The van der Waals surface area contributed by atoms with Gasteiger partial charge in [-0.05, 0) is 31.0 Å². The molecule has 0 saturated carbocycles. The zero-order valence-corrected chi connectivity index (χ0v) is 12.9. The number of nitrogens with two attached hydrogens (primary N) is 1. The number of carbonyl (C=O) groups is 1. The molecule has 0 heterocycles. The molecule has 0 aliphatic carbocycles. The van der Waals surface area contributed by atoms with E-state index in [0.29, 0.717) is 11.3 Å². The third-order valence-electron chi connectivity index (χ3n) is 2.86. The number of amides is 1. The second-order valence-electron chi connectivity index (χ2n) is 4.06. The van der Waals surface area contributed by atoms with Crippen LogP contribution in [0.1, 0.15) is 32.3 Å². The Morgan fingerprint density at radius 3 is 2.56 bits per heavy atom. The van der Waals surface area contributed by atoms with Crippen LogP contribution in [0.15, 0.2) is 22.7 Å². The molecule has 0 spiro atoms. The van der Waals surface area contributed by atoms with E-state index in [0.717, 1.165) is 17.3 Å². The summed E-state index contributed by atoms with van der Waals surface area (Å²) in [5, 5.41) is 2.90. The summed E-state index contributed by atoms with van der Waals surface area (Å²) < 4.78 is 0.877. The smallest absolute Gasteiger partial charge is 0.227 e.